The van der Waals surface area contributed by atoms with Gasteiger partial charge in [0, 0.05) is 30.3 Å². The summed E-state index contributed by atoms with van der Waals surface area (Å²) in [6.07, 6.45) is 3.75. The summed E-state index contributed by atoms with van der Waals surface area (Å²) in [7, 11) is 0. The highest BCUT2D eigenvalue weighted by Gasteiger charge is 2.30. The first-order valence-corrected chi connectivity index (χ1v) is 9.80. The number of hydrogen-bond donors (Lipinski definition) is 1. The van der Waals surface area contributed by atoms with Crippen LogP contribution in [0.25, 0.3) is 11.5 Å². The minimum absolute atomic E-state index is 0.227. The molecule has 2 fully saturated rings. The summed E-state index contributed by atoms with van der Waals surface area (Å²) in [6, 6.07) is 7.11. The molecule has 1 aromatic carbocycles. The first-order valence-electron chi connectivity index (χ1n) is 9.80. The molecule has 1 aliphatic heterocycles. The van der Waals surface area contributed by atoms with Crippen molar-refractivity contribution in [2.75, 3.05) is 25.0 Å². The Morgan fingerprint density at radius 2 is 2.18 bits per heavy atom. The first-order chi connectivity index (χ1) is 13.6. The lowest BCUT2D eigenvalue weighted by atomic mass is 9.98. The third-order valence-electron chi connectivity index (χ3n) is 5.07. The summed E-state index contributed by atoms with van der Waals surface area (Å²) in [5.41, 5.74) is 1.41. The summed E-state index contributed by atoms with van der Waals surface area (Å²) in [6.45, 7) is 3.14. The summed E-state index contributed by atoms with van der Waals surface area (Å²) >= 11 is 0. The molecule has 1 saturated heterocycles. The van der Waals surface area contributed by atoms with Gasteiger partial charge in [-0.2, -0.15) is 4.98 Å². The van der Waals surface area contributed by atoms with Gasteiger partial charge in [-0.05, 0) is 50.8 Å². The Morgan fingerprint density at radius 1 is 1.32 bits per heavy atom. The van der Waals surface area contributed by atoms with Crippen LogP contribution in [0.1, 0.15) is 44.3 Å². The molecule has 2 aromatic rings. The molecule has 28 heavy (non-hydrogen) atoms. The van der Waals surface area contributed by atoms with Crippen LogP contribution in [0.4, 0.5) is 10.5 Å². The monoisotopic (exact) mass is 384 g/mol. The van der Waals surface area contributed by atoms with Crippen molar-refractivity contribution in [1.82, 2.24) is 15.0 Å². The van der Waals surface area contributed by atoms with Gasteiger partial charge in [-0.15, -0.1) is 0 Å². The maximum atomic E-state index is 12.7. The van der Waals surface area contributed by atoms with Crippen molar-refractivity contribution in [3.05, 3.63) is 30.1 Å². The lowest BCUT2D eigenvalue weighted by Crippen LogP contribution is -2.44. The molecular weight excluding hydrogens is 360 g/mol. The SMILES string of the molecule is CCOC(=O)[C@H]1CCCN(C(=O)Nc2cccc(-c3nc(C4CC4)no3)c2)C1. The predicted octanol–water partition coefficient (Wildman–Crippen LogP) is 3.42. The molecule has 0 spiro atoms. The smallest absolute Gasteiger partial charge is 0.321 e. The molecule has 1 aromatic heterocycles. The second kappa shape index (κ2) is 8.00. The van der Waals surface area contributed by atoms with Crippen LogP contribution in [0.2, 0.25) is 0 Å². The predicted molar refractivity (Wildman–Crippen MR) is 102 cm³/mol. The molecule has 0 radical (unpaired) electrons. The molecule has 4 rings (SSSR count). The fraction of sp³-hybridized carbons (Fsp3) is 0.500. The van der Waals surface area contributed by atoms with Gasteiger partial charge in [-0.3, -0.25) is 4.79 Å². The summed E-state index contributed by atoms with van der Waals surface area (Å²) < 4.78 is 10.5. The van der Waals surface area contributed by atoms with Crippen LogP contribution in [-0.2, 0) is 9.53 Å². The zero-order valence-corrected chi connectivity index (χ0v) is 15.9. The van der Waals surface area contributed by atoms with Crippen molar-refractivity contribution in [1.29, 1.82) is 0 Å². The minimum atomic E-state index is -0.259. The zero-order valence-electron chi connectivity index (χ0n) is 15.9. The van der Waals surface area contributed by atoms with Crippen LogP contribution in [0.15, 0.2) is 28.8 Å². The first kappa shape index (κ1) is 18.5. The molecule has 8 heteroatoms. The number of nitrogens with one attached hydrogen (secondary N) is 1. The fourth-order valence-electron chi connectivity index (χ4n) is 3.41. The Bertz CT molecular complexity index is 861. The number of carbonyl (C=O) groups is 2. The summed E-state index contributed by atoms with van der Waals surface area (Å²) in [5.74, 6) is 1.14. The molecule has 1 aliphatic carbocycles. The largest absolute Gasteiger partial charge is 0.466 e. The normalized spacial score (nSPS) is 19.3. The van der Waals surface area contributed by atoms with E-state index in [1.807, 2.05) is 24.3 Å². The van der Waals surface area contributed by atoms with Crippen LogP contribution < -0.4 is 5.32 Å². The molecule has 148 valence electrons. The summed E-state index contributed by atoms with van der Waals surface area (Å²) in [5, 5.41) is 6.93. The van der Waals surface area contributed by atoms with Crippen molar-refractivity contribution in [2.45, 2.75) is 38.5 Å². The molecule has 1 N–H and O–H groups in total. The van der Waals surface area contributed by atoms with Gasteiger partial charge in [-0.1, -0.05) is 11.2 Å². The van der Waals surface area contributed by atoms with E-state index in [2.05, 4.69) is 15.5 Å². The maximum Gasteiger partial charge on any atom is 0.321 e. The number of nitrogens with zero attached hydrogens (tertiary/aromatic N) is 3. The Labute approximate surface area is 163 Å². The second-order valence-electron chi connectivity index (χ2n) is 7.28. The Balaban J connectivity index is 1.40. The maximum absolute atomic E-state index is 12.7. The number of benzene rings is 1. The standard InChI is InChI=1S/C20H24N4O4/c1-2-27-19(25)15-6-4-10-24(12-15)20(26)21-16-7-3-5-14(11-16)18-22-17(23-28-18)13-8-9-13/h3,5,7,11,13,15H,2,4,6,8-10,12H2,1H3,(H,21,26)/t15-/m0/s1. The van der Waals surface area contributed by atoms with Crippen molar-refractivity contribution < 1.29 is 18.8 Å². The minimum Gasteiger partial charge on any atom is -0.466 e. The average molecular weight is 384 g/mol. The van der Waals surface area contributed by atoms with E-state index in [0.29, 0.717) is 37.2 Å². The number of urea groups is 1. The van der Waals surface area contributed by atoms with E-state index < -0.39 is 0 Å². The van der Waals surface area contributed by atoms with Crippen molar-refractivity contribution >= 4 is 17.7 Å². The third kappa shape index (κ3) is 4.16. The van der Waals surface area contributed by atoms with Gasteiger partial charge in [0.2, 0.25) is 0 Å². The topological polar surface area (TPSA) is 97.6 Å². The van der Waals surface area contributed by atoms with Gasteiger partial charge >= 0.3 is 12.0 Å². The van der Waals surface area contributed by atoms with E-state index in [4.69, 9.17) is 9.26 Å². The number of amides is 2. The van der Waals surface area contributed by atoms with Crippen LogP contribution in [0.5, 0.6) is 0 Å². The van der Waals surface area contributed by atoms with Gasteiger partial charge < -0.3 is 19.5 Å². The van der Waals surface area contributed by atoms with Crippen LogP contribution in [0, 0.1) is 5.92 Å². The lowest BCUT2D eigenvalue weighted by Gasteiger charge is -2.31. The number of piperidine rings is 1. The van der Waals surface area contributed by atoms with Crippen molar-refractivity contribution in [3.63, 3.8) is 0 Å². The van der Waals surface area contributed by atoms with Gasteiger partial charge in [0.05, 0.1) is 12.5 Å². The number of anilines is 1. The number of carbonyl (C=O) groups excluding carboxylic acids is 2. The van der Waals surface area contributed by atoms with Gasteiger partial charge in [0.25, 0.3) is 5.89 Å². The zero-order chi connectivity index (χ0) is 19.5. The highest BCUT2D eigenvalue weighted by molar-refractivity contribution is 5.90. The van der Waals surface area contributed by atoms with E-state index in [1.165, 1.54) is 0 Å². The molecule has 1 atom stereocenters. The number of esters is 1. The van der Waals surface area contributed by atoms with Gasteiger partial charge in [-0.25, -0.2) is 4.79 Å². The highest BCUT2D eigenvalue weighted by atomic mass is 16.5. The highest BCUT2D eigenvalue weighted by Crippen LogP contribution is 2.39. The quantitative estimate of drug-likeness (QED) is 0.793. The molecule has 2 amide bonds. The van der Waals surface area contributed by atoms with Crippen LogP contribution in [0.3, 0.4) is 0 Å². The molecule has 2 aliphatic rings. The lowest BCUT2D eigenvalue weighted by molar-refractivity contribution is -0.149. The molecular formula is C20H24N4O4. The Kier molecular flexibility index (Phi) is 5.27. The van der Waals surface area contributed by atoms with E-state index in [9.17, 15) is 9.59 Å². The Morgan fingerprint density at radius 3 is 2.96 bits per heavy atom. The molecule has 1 saturated carbocycles. The Hall–Kier alpha value is -2.90. The molecule has 0 unspecified atom stereocenters. The average Bonchev–Trinajstić information content (AvgIpc) is 3.45. The van der Waals surface area contributed by atoms with Crippen LogP contribution in [-0.4, -0.2) is 46.7 Å². The van der Waals surface area contributed by atoms with E-state index in [1.54, 1.807) is 11.8 Å². The van der Waals surface area contributed by atoms with E-state index >= 15 is 0 Å². The number of aromatic nitrogens is 2. The van der Waals surface area contributed by atoms with Gasteiger partial charge in [0.1, 0.15) is 0 Å². The number of hydrogen-bond acceptors (Lipinski definition) is 6. The van der Waals surface area contributed by atoms with E-state index in [0.717, 1.165) is 37.1 Å². The number of ether oxygens (including phenoxy) is 1. The third-order valence-corrected chi connectivity index (χ3v) is 5.07. The molecule has 2 heterocycles. The van der Waals surface area contributed by atoms with Crippen molar-refractivity contribution in [2.24, 2.45) is 5.92 Å². The number of rotatable bonds is 5. The van der Waals surface area contributed by atoms with Crippen LogP contribution >= 0.6 is 0 Å². The fourth-order valence-corrected chi connectivity index (χ4v) is 3.41. The summed E-state index contributed by atoms with van der Waals surface area (Å²) in [4.78, 5) is 30.7. The molecule has 8 nitrogen and oxygen atoms in total. The number of likely N-dealkylation sites (tertiary alicyclic amines) is 1. The second-order valence-corrected chi connectivity index (χ2v) is 7.28. The van der Waals surface area contributed by atoms with Crippen molar-refractivity contribution in [3.8, 4) is 11.5 Å². The van der Waals surface area contributed by atoms with Gasteiger partial charge in [0.15, 0.2) is 5.82 Å². The molecule has 0 bridgehead atoms. The van der Waals surface area contributed by atoms with E-state index in [-0.39, 0.29) is 17.9 Å².